The van der Waals surface area contributed by atoms with E-state index in [1.165, 1.54) is 6.20 Å². The van der Waals surface area contributed by atoms with Crippen molar-refractivity contribution in [1.82, 2.24) is 20.0 Å². The van der Waals surface area contributed by atoms with Gasteiger partial charge in [0.05, 0.1) is 0 Å². The van der Waals surface area contributed by atoms with Crippen LogP contribution in [0.25, 0.3) is 5.65 Å². The Kier molecular flexibility index (Phi) is 5.46. The van der Waals surface area contributed by atoms with E-state index in [0.29, 0.717) is 5.65 Å². The molecule has 0 unspecified atom stereocenters. The molecular weight excluding hydrogens is 348 g/mol. The molecule has 0 aliphatic heterocycles. The highest BCUT2D eigenvalue weighted by Crippen LogP contribution is 2.08. The lowest BCUT2D eigenvalue weighted by atomic mass is 10.2. The number of hydrogen-bond donors (Lipinski definition) is 2. The number of nitrogens with one attached hydrogen (secondary N) is 2. The summed E-state index contributed by atoms with van der Waals surface area (Å²) in [4.78, 5) is 39.6. The number of amides is 3. The molecule has 1 aromatic carbocycles. The predicted octanol–water partition coefficient (Wildman–Crippen LogP) is 1.83. The second kappa shape index (κ2) is 8.13. The quantitative estimate of drug-likeness (QED) is 0.671. The summed E-state index contributed by atoms with van der Waals surface area (Å²) in [5, 5.41) is 4.64. The van der Waals surface area contributed by atoms with Crippen molar-refractivity contribution < 1.29 is 19.1 Å². The van der Waals surface area contributed by atoms with Crippen LogP contribution in [0.2, 0.25) is 0 Å². The number of fused-ring (bicyclic) bond motifs is 1. The van der Waals surface area contributed by atoms with Gasteiger partial charge in [-0.25, -0.2) is 14.6 Å². The number of esters is 1. The smallest absolute Gasteiger partial charge is 0.359 e. The summed E-state index contributed by atoms with van der Waals surface area (Å²) in [6, 6.07) is 12.3. The molecule has 3 amide bonds. The Balaban J connectivity index is 1.46. The number of carbonyl (C=O) groups is 3. The maximum Gasteiger partial charge on any atom is 0.359 e. The number of pyridine rings is 1. The zero-order valence-electron chi connectivity index (χ0n) is 14.6. The summed E-state index contributed by atoms with van der Waals surface area (Å²) in [6.45, 7) is 1.62. The van der Waals surface area contributed by atoms with Crippen molar-refractivity contribution in [2.45, 2.75) is 13.5 Å². The number of ether oxygens (including phenoxy) is 1. The van der Waals surface area contributed by atoms with Crippen LogP contribution in [0.1, 0.15) is 21.6 Å². The molecule has 0 spiro atoms. The van der Waals surface area contributed by atoms with Gasteiger partial charge in [-0.1, -0.05) is 30.3 Å². The highest BCUT2D eigenvalue weighted by molar-refractivity contribution is 5.96. The number of benzene rings is 1. The third-order valence-corrected chi connectivity index (χ3v) is 3.71. The van der Waals surface area contributed by atoms with Gasteiger partial charge in [0.25, 0.3) is 5.91 Å². The van der Waals surface area contributed by atoms with E-state index in [1.54, 1.807) is 10.6 Å². The van der Waals surface area contributed by atoms with E-state index in [2.05, 4.69) is 15.6 Å². The lowest BCUT2D eigenvalue weighted by Crippen LogP contribution is -2.41. The van der Waals surface area contributed by atoms with Crippen LogP contribution >= 0.6 is 0 Å². The van der Waals surface area contributed by atoms with Crippen LogP contribution in [0.15, 0.2) is 54.9 Å². The Hall–Kier alpha value is -3.68. The Morgan fingerprint density at radius 1 is 1.15 bits per heavy atom. The third kappa shape index (κ3) is 4.91. The molecule has 3 aromatic rings. The fourth-order valence-electron chi connectivity index (χ4n) is 2.37. The topological polar surface area (TPSA) is 102 Å². The second-order valence-electron chi connectivity index (χ2n) is 5.89. The van der Waals surface area contributed by atoms with E-state index >= 15 is 0 Å². The molecule has 0 radical (unpaired) electrons. The summed E-state index contributed by atoms with van der Waals surface area (Å²) >= 11 is 0. The van der Waals surface area contributed by atoms with Crippen LogP contribution in [-0.4, -0.2) is 33.9 Å². The van der Waals surface area contributed by atoms with Crippen molar-refractivity contribution in [3.05, 3.63) is 71.7 Å². The molecule has 2 N–H and O–H groups in total. The zero-order chi connectivity index (χ0) is 19.2. The molecule has 0 saturated heterocycles. The molecule has 8 heteroatoms. The van der Waals surface area contributed by atoms with Gasteiger partial charge < -0.3 is 14.5 Å². The van der Waals surface area contributed by atoms with Crippen LogP contribution in [0.3, 0.4) is 0 Å². The molecular formula is C19H18N4O4. The number of aromatic nitrogens is 2. The van der Waals surface area contributed by atoms with Gasteiger partial charge in [-0.2, -0.15) is 0 Å². The molecule has 2 aromatic heterocycles. The van der Waals surface area contributed by atoms with E-state index in [9.17, 15) is 14.4 Å². The molecule has 3 rings (SSSR count). The maximum atomic E-state index is 12.0. The molecule has 0 fully saturated rings. The Morgan fingerprint density at radius 3 is 2.70 bits per heavy atom. The van der Waals surface area contributed by atoms with Gasteiger partial charge in [-0.3, -0.25) is 10.1 Å². The molecule has 0 atom stereocenters. The monoisotopic (exact) mass is 366 g/mol. The average Bonchev–Trinajstić information content (AvgIpc) is 3.08. The third-order valence-electron chi connectivity index (χ3n) is 3.71. The number of imidazole rings is 1. The number of rotatable bonds is 5. The molecule has 2 heterocycles. The lowest BCUT2D eigenvalue weighted by Gasteiger charge is -2.07. The first-order valence-electron chi connectivity index (χ1n) is 8.25. The molecule has 27 heavy (non-hydrogen) atoms. The van der Waals surface area contributed by atoms with Crippen LogP contribution in [-0.2, 0) is 16.1 Å². The number of urea groups is 1. The minimum Gasteiger partial charge on any atom is -0.451 e. The van der Waals surface area contributed by atoms with Crippen LogP contribution in [0.4, 0.5) is 4.79 Å². The van der Waals surface area contributed by atoms with Crippen LogP contribution < -0.4 is 10.6 Å². The normalized spacial score (nSPS) is 10.4. The van der Waals surface area contributed by atoms with Crippen molar-refractivity contribution in [1.29, 1.82) is 0 Å². The van der Waals surface area contributed by atoms with Crippen molar-refractivity contribution in [3.8, 4) is 0 Å². The first-order valence-corrected chi connectivity index (χ1v) is 8.25. The van der Waals surface area contributed by atoms with Crippen molar-refractivity contribution in [2.24, 2.45) is 0 Å². The van der Waals surface area contributed by atoms with Crippen molar-refractivity contribution >= 4 is 23.6 Å². The Labute approximate surface area is 155 Å². The molecule has 0 bridgehead atoms. The zero-order valence-corrected chi connectivity index (χ0v) is 14.6. The van der Waals surface area contributed by atoms with E-state index in [1.807, 2.05) is 49.4 Å². The highest BCUT2D eigenvalue weighted by Gasteiger charge is 2.15. The van der Waals surface area contributed by atoms with E-state index < -0.39 is 24.5 Å². The van der Waals surface area contributed by atoms with Crippen molar-refractivity contribution in [2.75, 3.05) is 6.61 Å². The SMILES string of the molecule is Cc1ccn2cc(C(=O)OCC(=O)NC(=O)NCc3ccccc3)nc2c1. The fourth-order valence-corrected chi connectivity index (χ4v) is 2.37. The van der Waals surface area contributed by atoms with E-state index in [-0.39, 0.29) is 12.2 Å². The molecule has 8 nitrogen and oxygen atoms in total. The number of imide groups is 1. The molecule has 0 aliphatic carbocycles. The lowest BCUT2D eigenvalue weighted by molar-refractivity contribution is -0.123. The summed E-state index contributed by atoms with van der Waals surface area (Å²) in [6.07, 6.45) is 3.29. The van der Waals surface area contributed by atoms with E-state index in [0.717, 1.165) is 11.1 Å². The van der Waals surface area contributed by atoms with Crippen LogP contribution in [0.5, 0.6) is 0 Å². The number of carbonyl (C=O) groups excluding carboxylic acids is 3. The first kappa shape index (κ1) is 18.1. The van der Waals surface area contributed by atoms with Crippen molar-refractivity contribution in [3.63, 3.8) is 0 Å². The minimum absolute atomic E-state index is 0.0851. The highest BCUT2D eigenvalue weighted by atomic mass is 16.5. The number of aryl methyl sites for hydroxylation is 1. The maximum absolute atomic E-state index is 12.0. The molecule has 0 saturated carbocycles. The standard InChI is InChI=1S/C19H18N4O4/c1-13-7-8-23-11-15(21-16(23)9-13)18(25)27-12-17(24)22-19(26)20-10-14-5-3-2-4-6-14/h2-9,11H,10,12H2,1H3,(H2,20,22,24,26). The Bertz CT molecular complexity index is 982. The summed E-state index contributed by atoms with van der Waals surface area (Å²) in [5.41, 5.74) is 2.59. The number of nitrogens with zero attached hydrogens (tertiary/aromatic N) is 2. The predicted molar refractivity (Wildman–Crippen MR) is 97.0 cm³/mol. The molecule has 0 aliphatic rings. The van der Waals surface area contributed by atoms with Gasteiger partial charge >= 0.3 is 12.0 Å². The van der Waals surface area contributed by atoms with Gasteiger partial charge in [-0.15, -0.1) is 0 Å². The fraction of sp³-hybridized carbons (Fsp3) is 0.158. The average molecular weight is 366 g/mol. The Morgan fingerprint density at radius 2 is 1.93 bits per heavy atom. The van der Waals surface area contributed by atoms with Gasteiger partial charge in [0.15, 0.2) is 12.3 Å². The largest absolute Gasteiger partial charge is 0.451 e. The summed E-state index contributed by atoms with van der Waals surface area (Å²) in [7, 11) is 0. The first-order chi connectivity index (χ1) is 13.0. The summed E-state index contributed by atoms with van der Waals surface area (Å²) < 4.78 is 6.59. The molecule has 138 valence electrons. The minimum atomic E-state index is -0.740. The van der Waals surface area contributed by atoms with Gasteiger partial charge in [-0.05, 0) is 30.2 Å². The van der Waals surface area contributed by atoms with Gasteiger partial charge in [0.1, 0.15) is 5.65 Å². The number of hydrogen-bond acceptors (Lipinski definition) is 5. The van der Waals surface area contributed by atoms with Gasteiger partial charge in [0, 0.05) is 18.9 Å². The van der Waals surface area contributed by atoms with Crippen LogP contribution in [0, 0.1) is 6.92 Å². The summed E-state index contributed by atoms with van der Waals surface area (Å²) in [5.74, 6) is -1.47. The van der Waals surface area contributed by atoms with Gasteiger partial charge in [0.2, 0.25) is 0 Å². The second-order valence-corrected chi connectivity index (χ2v) is 5.89. The van der Waals surface area contributed by atoms with E-state index in [4.69, 9.17) is 4.74 Å².